The quantitative estimate of drug-likeness (QED) is 0.734. The predicted molar refractivity (Wildman–Crippen MR) is 121 cm³/mol. The highest BCUT2D eigenvalue weighted by Crippen LogP contribution is 2.21. The summed E-state index contributed by atoms with van der Waals surface area (Å²) in [7, 11) is 1.74. The fourth-order valence-electron chi connectivity index (χ4n) is 3.63. The second-order valence-corrected chi connectivity index (χ2v) is 7.88. The number of aryl methyl sites for hydroxylation is 1. The van der Waals surface area contributed by atoms with Crippen molar-refractivity contribution in [1.82, 2.24) is 9.88 Å². The molecule has 1 aliphatic rings. The van der Waals surface area contributed by atoms with Crippen LogP contribution in [0.2, 0.25) is 0 Å². The third-order valence-electron chi connectivity index (χ3n) is 5.11. The van der Waals surface area contributed by atoms with Crippen molar-refractivity contribution >= 4 is 29.0 Å². The Morgan fingerprint density at radius 2 is 1.57 bits per heavy atom. The van der Waals surface area contributed by atoms with Crippen molar-refractivity contribution in [2.24, 2.45) is 0 Å². The Bertz CT molecular complexity index is 845. The van der Waals surface area contributed by atoms with Crippen molar-refractivity contribution in [3.63, 3.8) is 0 Å². The minimum atomic E-state index is -0.204. The number of likely N-dealkylation sites (N-methyl/N-ethyl adjacent to an activating group) is 1. The van der Waals surface area contributed by atoms with Gasteiger partial charge < -0.3 is 15.5 Å². The summed E-state index contributed by atoms with van der Waals surface area (Å²) >= 11 is 0. The smallest absolute Gasteiger partial charge is 0.239 e. The first-order valence-electron chi connectivity index (χ1n) is 10.6. The summed E-state index contributed by atoms with van der Waals surface area (Å²) in [5.41, 5.74) is 2.80. The summed E-state index contributed by atoms with van der Waals surface area (Å²) in [4.78, 5) is 32.8. The fraction of sp³-hybridized carbons (Fsp3) is 0.435. The second-order valence-electron chi connectivity index (χ2n) is 7.88. The van der Waals surface area contributed by atoms with Crippen molar-refractivity contribution in [2.45, 2.75) is 32.6 Å². The van der Waals surface area contributed by atoms with Gasteiger partial charge in [0.15, 0.2) is 0 Å². The predicted octanol–water partition coefficient (Wildman–Crippen LogP) is 3.28. The molecule has 0 unspecified atom stereocenters. The molecule has 2 N–H and O–H groups in total. The van der Waals surface area contributed by atoms with Crippen LogP contribution in [0.15, 0.2) is 42.5 Å². The number of carbonyl (C=O) groups excluding carboxylic acids is 2. The number of benzene rings is 1. The van der Waals surface area contributed by atoms with E-state index in [0.29, 0.717) is 5.82 Å². The lowest BCUT2D eigenvalue weighted by atomic mass is 10.2. The molecule has 7 heteroatoms. The molecular weight excluding hydrogens is 378 g/mol. The van der Waals surface area contributed by atoms with Gasteiger partial charge in [-0.15, -0.1) is 0 Å². The molecule has 1 saturated heterocycles. The van der Waals surface area contributed by atoms with E-state index < -0.39 is 0 Å². The Balaban J connectivity index is 1.44. The average Bonchev–Trinajstić information content (AvgIpc) is 2.97. The van der Waals surface area contributed by atoms with Crippen molar-refractivity contribution < 1.29 is 9.59 Å². The van der Waals surface area contributed by atoms with E-state index in [4.69, 9.17) is 0 Å². The van der Waals surface area contributed by atoms with Gasteiger partial charge in [-0.05, 0) is 63.2 Å². The molecule has 2 amide bonds. The molecule has 0 aliphatic carbocycles. The SMILES string of the molecule is Cc1cccc(NC(=O)CN(C)CC(=O)Nc2ccc(N3CCCCCC3)cc2)n1. The number of nitrogens with zero attached hydrogens (tertiary/aromatic N) is 3. The van der Waals surface area contributed by atoms with E-state index in [1.165, 1.54) is 31.4 Å². The maximum absolute atomic E-state index is 12.3. The molecule has 0 saturated carbocycles. The van der Waals surface area contributed by atoms with E-state index in [1.54, 1.807) is 18.0 Å². The summed E-state index contributed by atoms with van der Waals surface area (Å²) in [5, 5.41) is 5.65. The van der Waals surface area contributed by atoms with Gasteiger partial charge in [0.1, 0.15) is 5.82 Å². The van der Waals surface area contributed by atoms with Crippen molar-refractivity contribution in [3.8, 4) is 0 Å². The Labute approximate surface area is 178 Å². The number of rotatable bonds is 7. The average molecular weight is 410 g/mol. The van der Waals surface area contributed by atoms with Gasteiger partial charge in [-0.3, -0.25) is 14.5 Å². The van der Waals surface area contributed by atoms with Crippen LogP contribution in [0.5, 0.6) is 0 Å². The van der Waals surface area contributed by atoms with Crippen LogP contribution in [0.25, 0.3) is 0 Å². The van der Waals surface area contributed by atoms with Gasteiger partial charge in [-0.25, -0.2) is 4.98 Å². The van der Waals surface area contributed by atoms with Crippen molar-refractivity contribution in [1.29, 1.82) is 0 Å². The molecule has 160 valence electrons. The zero-order valence-electron chi connectivity index (χ0n) is 17.9. The standard InChI is InChI=1S/C23H31N5O2/c1-18-8-7-9-21(24-18)26-23(30)17-27(2)16-22(29)25-19-10-12-20(13-11-19)28-14-5-3-4-6-15-28/h7-13H,3-6,14-17H2,1-2H3,(H,25,29)(H,24,26,30). The minimum absolute atomic E-state index is 0.108. The highest BCUT2D eigenvalue weighted by atomic mass is 16.2. The first-order chi connectivity index (χ1) is 14.5. The zero-order chi connectivity index (χ0) is 21.3. The van der Waals surface area contributed by atoms with E-state index in [-0.39, 0.29) is 24.9 Å². The number of nitrogens with one attached hydrogen (secondary N) is 2. The van der Waals surface area contributed by atoms with Crippen LogP contribution in [0, 0.1) is 6.92 Å². The largest absolute Gasteiger partial charge is 0.372 e. The first kappa shape index (κ1) is 21.8. The molecule has 7 nitrogen and oxygen atoms in total. The summed E-state index contributed by atoms with van der Waals surface area (Å²) in [6.07, 6.45) is 5.08. The van der Waals surface area contributed by atoms with E-state index in [2.05, 4.69) is 32.7 Å². The number of hydrogen-bond donors (Lipinski definition) is 2. The van der Waals surface area contributed by atoms with Crippen molar-refractivity contribution in [3.05, 3.63) is 48.2 Å². The number of hydrogen-bond acceptors (Lipinski definition) is 5. The summed E-state index contributed by atoms with van der Waals surface area (Å²) in [6.45, 7) is 4.29. The van der Waals surface area contributed by atoms with Gasteiger partial charge in [0.05, 0.1) is 13.1 Å². The molecule has 0 bridgehead atoms. The molecule has 1 aliphatic heterocycles. The Morgan fingerprint density at radius 1 is 0.933 bits per heavy atom. The van der Waals surface area contributed by atoms with Gasteiger partial charge in [0, 0.05) is 30.2 Å². The van der Waals surface area contributed by atoms with Crippen LogP contribution < -0.4 is 15.5 Å². The number of pyridine rings is 1. The summed E-state index contributed by atoms with van der Waals surface area (Å²) in [6, 6.07) is 13.5. The number of carbonyl (C=O) groups is 2. The highest BCUT2D eigenvalue weighted by molar-refractivity contribution is 5.94. The van der Waals surface area contributed by atoms with Crippen LogP contribution in [-0.2, 0) is 9.59 Å². The molecular formula is C23H31N5O2. The lowest BCUT2D eigenvalue weighted by Gasteiger charge is -2.23. The van der Waals surface area contributed by atoms with E-state index in [0.717, 1.165) is 24.5 Å². The Hall–Kier alpha value is -2.93. The Kier molecular flexibility index (Phi) is 7.79. The first-order valence-corrected chi connectivity index (χ1v) is 10.6. The van der Waals surface area contributed by atoms with Gasteiger partial charge >= 0.3 is 0 Å². The van der Waals surface area contributed by atoms with Crippen LogP contribution in [0.1, 0.15) is 31.4 Å². The molecule has 2 aromatic rings. The molecule has 1 aromatic carbocycles. The van der Waals surface area contributed by atoms with Crippen LogP contribution in [0.3, 0.4) is 0 Å². The molecule has 30 heavy (non-hydrogen) atoms. The molecule has 2 heterocycles. The normalized spacial score (nSPS) is 14.3. The topological polar surface area (TPSA) is 77.6 Å². The van der Waals surface area contributed by atoms with Crippen LogP contribution in [-0.4, -0.2) is 54.9 Å². The van der Waals surface area contributed by atoms with Crippen LogP contribution in [0.4, 0.5) is 17.2 Å². The lowest BCUT2D eigenvalue weighted by Crippen LogP contribution is -2.36. The third-order valence-corrected chi connectivity index (χ3v) is 5.11. The summed E-state index contributed by atoms with van der Waals surface area (Å²) in [5.74, 6) is 0.161. The van der Waals surface area contributed by atoms with Gasteiger partial charge in [-0.2, -0.15) is 0 Å². The second kappa shape index (κ2) is 10.7. The number of anilines is 3. The summed E-state index contributed by atoms with van der Waals surface area (Å²) < 4.78 is 0. The zero-order valence-corrected chi connectivity index (χ0v) is 17.9. The number of amides is 2. The molecule has 3 rings (SSSR count). The highest BCUT2D eigenvalue weighted by Gasteiger charge is 2.13. The maximum atomic E-state index is 12.3. The van der Waals surface area contributed by atoms with Gasteiger partial charge in [0.25, 0.3) is 0 Å². The maximum Gasteiger partial charge on any atom is 0.239 e. The number of aromatic nitrogens is 1. The monoisotopic (exact) mass is 409 g/mol. The van der Waals surface area contributed by atoms with Gasteiger partial charge in [-0.1, -0.05) is 18.9 Å². The van der Waals surface area contributed by atoms with Gasteiger partial charge in [0.2, 0.25) is 11.8 Å². The fourth-order valence-corrected chi connectivity index (χ4v) is 3.63. The molecule has 1 aromatic heterocycles. The molecule has 0 atom stereocenters. The van der Waals surface area contributed by atoms with Crippen molar-refractivity contribution in [2.75, 3.05) is 48.8 Å². The third kappa shape index (κ3) is 6.84. The van der Waals surface area contributed by atoms with E-state index in [1.807, 2.05) is 31.2 Å². The molecule has 0 radical (unpaired) electrons. The Morgan fingerprint density at radius 3 is 2.20 bits per heavy atom. The molecule has 0 spiro atoms. The van der Waals surface area contributed by atoms with E-state index in [9.17, 15) is 9.59 Å². The lowest BCUT2D eigenvalue weighted by molar-refractivity contribution is -0.119. The molecule has 1 fully saturated rings. The minimum Gasteiger partial charge on any atom is -0.372 e. The van der Waals surface area contributed by atoms with Crippen LogP contribution >= 0.6 is 0 Å². The van der Waals surface area contributed by atoms with E-state index >= 15 is 0 Å².